The first-order chi connectivity index (χ1) is 9.31. The summed E-state index contributed by atoms with van der Waals surface area (Å²) in [4.78, 5) is 11.3. The molecule has 0 unspecified atom stereocenters. The number of hydrogen-bond acceptors (Lipinski definition) is 3. The highest BCUT2D eigenvalue weighted by atomic mass is 16.5. The normalized spacial score (nSPS) is 10.8. The van der Waals surface area contributed by atoms with Crippen LogP contribution in [-0.4, -0.2) is 24.3 Å². The van der Waals surface area contributed by atoms with E-state index in [-0.39, 0.29) is 12.6 Å². The fourth-order valence-electron chi connectivity index (χ4n) is 1.77. The lowest BCUT2D eigenvalue weighted by Gasteiger charge is -2.03. The monoisotopic (exact) mass is 268 g/mol. The molecule has 1 N–H and O–H groups in total. The molecule has 0 bridgehead atoms. The minimum absolute atomic E-state index is 0.0424. The van der Waals surface area contributed by atoms with Gasteiger partial charge >= 0.3 is 5.97 Å². The molecule has 0 fully saturated rings. The highest BCUT2D eigenvalue weighted by molar-refractivity contribution is 5.69. The van der Waals surface area contributed by atoms with Crippen molar-refractivity contribution < 1.29 is 14.6 Å². The van der Waals surface area contributed by atoms with Crippen molar-refractivity contribution in [2.45, 2.75) is 57.8 Å². The average Bonchev–Trinajstić information content (AvgIpc) is 2.41. The SMILES string of the molecule is C=CCCCCCCCCC(=O)OCC/C=C/CO. The summed E-state index contributed by atoms with van der Waals surface area (Å²) in [5, 5.41) is 8.51. The van der Waals surface area contributed by atoms with Crippen LogP contribution in [0.3, 0.4) is 0 Å². The molecule has 110 valence electrons. The molecule has 0 aliphatic heterocycles. The molecule has 0 rings (SSSR count). The Bertz CT molecular complexity index is 246. The van der Waals surface area contributed by atoms with Crippen molar-refractivity contribution in [3.05, 3.63) is 24.8 Å². The molecular weight excluding hydrogens is 240 g/mol. The fraction of sp³-hybridized carbons (Fsp3) is 0.688. The summed E-state index contributed by atoms with van der Waals surface area (Å²) in [5.41, 5.74) is 0. The minimum Gasteiger partial charge on any atom is -0.465 e. The van der Waals surface area contributed by atoms with Crippen molar-refractivity contribution in [2.24, 2.45) is 0 Å². The predicted molar refractivity (Wildman–Crippen MR) is 78.9 cm³/mol. The van der Waals surface area contributed by atoms with Gasteiger partial charge in [-0.25, -0.2) is 0 Å². The van der Waals surface area contributed by atoms with Gasteiger partial charge in [0.05, 0.1) is 13.2 Å². The van der Waals surface area contributed by atoms with Gasteiger partial charge in [0.2, 0.25) is 0 Å². The number of esters is 1. The van der Waals surface area contributed by atoms with Gasteiger partial charge in [0.25, 0.3) is 0 Å². The van der Waals surface area contributed by atoms with E-state index in [1.807, 2.05) is 12.2 Å². The van der Waals surface area contributed by atoms with Crippen LogP contribution in [0.4, 0.5) is 0 Å². The fourth-order valence-corrected chi connectivity index (χ4v) is 1.77. The first kappa shape index (κ1) is 17.9. The molecule has 19 heavy (non-hydrogen) atoms. The number of rotatable bonds is 13. The van der Waals surface area contributed by atoms with Crippen molar-refractivity contribution >= 4 is 5.97 Å². The maximum atomic E-state index is 11.3. The van der Waals surface area contributed by atoms with E-state index in [0.29, 0.717) is 19.4 Å². The largest absolute Gasteiger partial charge is 0.465 e. The zero-order valence-corrected chi connectivity index (χ0v) is 12.0. The molecule has 0 aromatic carbocycles. The third-order valence-corrected chi connectivity index (χ3v) is 2.86. The van der Waals surface area contributed by atoms with Gasteiger partial charge < -0.3 is 9.84 Å². The van der Waals surface area contributed by atoms with Crippen LogP contribution in [0.5, 0.6) is 0 Å². The second-order valence-electron chi connectivity index (χ2n) is 4.61. The number of allylic oxidation sites excluding steroid dienone is 1. The summed E-state index contributed by atoms with van der Waals surface area (Å²) in [6.45, 7) is 4.16. The van der Waals surface area contributed by atoms with E-state index >= 15 is 0 Å². The molecule has 0 aromatic heterocycles. The topological polar surface area (TPSA) is 46.5 Å². The summed E-state index contributed by atoms with van der Waals surface area (Å²) in [7, 11) is 0. The summed E-state index contributed by atoms with van der Waals surface area (Å²) in [6.07, 6.45) is 14.7. The van der Waals surface area contributed by atoms with Gasteiger partial charge in [0.15, 0.2) is 0 Å². The highest BCUT2D eigenvalue weighted by Crippen LogP contribution is 2.09. The van der Waals surface area contributed by atoms with Crippen LogP contribution in [-0.2, 0) is 9.53 Å². The molecule has 0 radical (unpaired) electrons. The lowest BCUT2D eigenvalue weighted by molar-refractivity contribution is -0.143. The zero-order chi connectivity index (χ0) is 14.2. The lowest BCUT2D eigenvalue weighted by atomic mass is 10.1. The van der Waals surface area contributed by atoms with Crippen LogP contribution in [0, 0.1) is 0 Å². The number of aliphatic hydroxyl groups excluding tert-OH is 1. The number of aliphatic hydroxyl groups is 1. The standard InChI is InChI=1S/C16H28O3/c1-2-3-4-5-6-7-8-10-13-16(18)19-15-12-9-11-14-17/h2,9,11,17H,1,3-8,10,12-15H2/b11-9+. The average molecular weight is 268 g/mol. The number of carbonyl (C=O) groups is 1. The third kappa shape index (κ3) is 14.9. The first-order valence-corrected chi connectivity index (χ1v) is 7.33. The van der Waals surface area contributed by atoms with Gasteiger partial charge in [-0.05, 0) is 25.7 Å². The Balaban J connectivity index is 3.20. The summed E-state index contributed by atoms with van der Waals surface area (Å²) in [6, 6.07) is 0. The third-order valence-electron chi connectivity index (χ3n) is 2.86. The Hall–Kier alpha value is -1.09. The molecule has 0 saturated heterocycles. The van der Waals surface area contributed by atoms with Gasteiger partial charge in [-0.2, -0.15) is 0 Å². The van der Waals surface area contributed by atoms with E-state index in [1.54, 1.807) is 6.08 Å². The van der Waals surface area contributed by atoms with Crippen LogP contribution < -0.4 is 0 Å². The van der Waals surface area contributed by atoms with Crippen LogP contribution in [0.2, 0.25) is 0 Å². The van der Waals surface area contributed by atoms with Gasteiger partial charge in [-0.15, -0.1) is 6.58 Å². The minimum atomic E-state index is -0.107. The van der Waals surface area contributed by atoms with Gasteiger partial charge in [-0.3, -0.25) is 4.79 Å². The van der Waals surface area contributed by atoms with Gasteiger partial charge in [0.1, 0.15) is 0 Å². The summed E-state index contributed by atoms with van der Waals surface area (Å²) < 4.78 is 5.07. The molecule has 0 saturated carbocycles. The van der Waals surface area contributed by atoms with Crippen molar-refractivity contribution in [1.82, 2.24) is 0 Å². The van der Waals surface area contributed by atoms with Crippen molar-refractivity contribution in [1.29, 1.82) is 0 Å². The zero-order valence-electron chi connectivity index (χ0n) is 12.0. The molecule has 0 spiro atoms. The number of ether oxygens (including phenoxy) is 1. The Morgan fingerprint density at radius 3 is 2.37 bits per heavy atom. The van der Waals surface area contributed by atoms with Crippen LogP contribution in [0.15, 0.2) is 24.8 Å². The van der Waals surface area contributed by atoms with E-state index in [0.717, 1.165) is 19.3 Å². The van der Waals surface area contributed by atoms with E-state index in [9.17, 15) is 4.79 Å². The number of unbranched alkanes of at least 4 members (excludes halogenated alkanes) is 6. The second-order valence-corrected chi connectivity index (χ2v) is 4.61. The van der Waals surface area contributed by atoms with E-state index in [1.165, 1.54) is 25.7 Å². The Labute approximate surface area is 117 Å². The molecular formula is C16H28O3. The Morgan fingerprint density at radius 1 is 1.00 bits per heavy atom. The Kier molecular flexibility index (Phi) is 14.1. The van der Waals surface area contributed by atoms with Crippen molar-refractivity contribution in [3.8, 4) is 0 Å². The quantitative estimate of drug-likeness (QED) is 0.314. The Morgan fingerprint density at radius 2 is 1.68 bits per heavy atom. The van der Waals surface area contributed by atoms with Crippen molar-refractivity contribution in [2.75, 3.05) is 13.2 Å². The predicted octanol–water partition coefficient (Wildman–Crippen LogP) is 3.78. The van der Waals surface area contributed by atoms with Crippen LogP contribution >= 0.6 is 0 Å². The first-order valence-electron chi connectivity index (χ1n) is 7.33. The number of hydrogen-bond donors (Lipinski definition) is 1. The van der Waals surface area contributed by atoms with E-state index in [2.05, 4.69) is 6.58 Å². The molecule has 0 atom stereocenters. The van der Waals surface area contributed by atoms with Crippen molar-refractivity contribution in [3.63, 3.8) is 0 Å². The molecule has 0 aliphatic carbocycles. The summed E-state index contributed by atoms with van der Waals surface area (Å²) >= 11 is 0. The smallest absolute Gasteiger partial charge is 0.305 e. The van der Waals surface area contributed by atoms with Gasteiger partial charge in [0, 0.05) is 6.42 Å². The van der Waals surface area contributed by atoms with Crippen LogP contribution in [0.25, 0.3) is 0 Å². The lowest BCUT2D eigenvalue weighted by Crippen LogP contribution is -2.05. The second kappa shape index (κ2) is 15.0. The maximum absolute atomic E-state index is 11.3. The molecule has 0 amide bonds. The van der Waals surface area contributed by atoms with E-state index < -0.39 is 0 Å². The van der Waals surface area contributed by atoms with Crippen LogP contribution in [0.1, 0.15) is 57.8 Å². The molecule has 0 aliphatic rings. The molecule has 0 aromatic rings. The summed E-state index contributed by atoms with van der Waals surface area (Å²) in [5.74, 6) is -0.107. The molecule has 0 heterocycles. The maximum Gasteiger partial charge on any atom is 0.305 e. The van der Waals surface area contributed by atoms with E-state index in [4.69, 9.17) is 9.84 Å². The molecule has 3 nitrogen and oxygen atoms in total. The molecule has 3 heteroatoms. The highest BCUT2D eigenvalue weighted by Gasteiger charge is 2.01. The number of carbonyl (C=O) groups excluding carboxylic acids is 1. The van der Waals surface area contributed by atoms with Gasteiger partial charge in [-0.1, -0.05) is 43.9 Å².